The summed E-state index contributed by atoms with van der Waals surface area (Å²) in [5.74, 6) is -2.94. The molecule has 0 saturated carbocycles. The number of carboxylic acids is 1. The molecule has 1 aromatic heterocycles. The Balaban J connectivity index is 1.73. The summed E-state index contributed by atoms with van der Waals surface area (Å²) in [6.45, 7) is -0.881. The number of aryl methyl sites for hydroxylation is 1. The molecular weight excluding hydrogens is 476 g/mol. The molecule has 0 fully saturated rings. The SMILES string of the molecule is Cn1nc(C(=O)N(CC(=O)O)Cc2cc(F)cc(F)c2)c2c1-c1cc(Br)ccc1OC2. The van der Waals surface area contributed by atoms with Crippen LogP contribution >= 0.6 is 15.9 Å². The van der Waals surface area contributed by atoms with Crippen LogP contribution in [-0.2, 0) is 25.0 Å². The first-order valence-electron chi connectivity index (χ1n) is 9.17. The van der Waals surface area contributed by atoms with Crippen molar-refractivity contribution in [3.05, 3.63) is 69.3 Å². The summed E-state index contributed by atoms with van der Waals surface area (Å²) in [7, 11) is 1.68. The van der Waals surface area contributed by atoms with Gasteiger partial charge in [-0.15, -0.1) is 0 Å². The van der Waals surface area contributed by atoms with Crippen molar-refractivity contribution < 1.29 is 28.2 Å². The van der Waals surface area contributed by atoms with Gasteiger partial charge < -0.3 is 14.7 Å². The van der Waals surface area contributed by atoms with Gasteiger partial charge in [-0.3, -0.25) is 14.3 Å². The second-order valence-electron chi connectivity index (χ2n) is 7.06. The predicted octanol–water partition coefficient (Wildman–Crippen LogP) is 3.75. The van der Waals surface area contributed by atoms with Crippen LogP contribution < -0.4 is 4.74 Å². The fourth-order valence-corrected chi connectivity index (χ4v) is 3.97. The average molecular weight is 492 g/mol. The fraction of sp³-hybridized carbons (Fsp3) is 0.190. The third-order valence-electron chi connectivity index (χ3n) is 4.83. The van der Waals surface area contributed by atoms with Crippen molar-refractivity contribution in [1.29, 1.82) is 0 Å². The largest absolute Gasteiger partial charge is 0.488 e. The van der Waals surface area contributed by atoms with E-state index in [9.17, 15) is 23.5 Å². The highest BCUT2D eigenvalue weighted by Gasteiger charge is 2.31. The molecule has 3 aromatic rings. The summed E-state index contributed by atoms with van der Waals surface area (Å²) in [6, 6.07) is 8.28. The second-order valence-corrected chi connectivity index (χ2v) is 7.98. The Kier molecular flexibility index (Phi) is 5.48. The van der Waals surface area contributed by atoms with Crippen molar-refractivity contribution in [2.75, 3.05) is 6.54 Å². The highest BCUT2D eigenvalue weighted by molar-refractivity contribution is 9.10. The first kappa shape index (κ1) is 21.0. The Labute approximate surface area is 184 Å². The number of fused-ring (bicyclic) bond motifs is 3. The number of benzene rings is 2. The number of hydrogen-bond donors (Lipinski definition) is 1. The van der Waals surface area contributed by atoms with Crippen LogP contribution in [0.4, 0.5) is 8.78 Å². The van der Waals surface area contributed by atoms with Gasteiger partial charge in [-0.1, -0.05) is 15.9 Å². The molecule has 2 aromatic carbocycles. The van der Waals surface area contributed by atoms with Crippen LogP contribution in [0.5, 0.6) is 5.75 Å². The van der Waals surface area contributed by atoms with Gasteiger partial charge >= 0.3 is 5.97 Å². The molecule has 0 aliphatic carbocycles. The first-order chi connectivity index (χ1) is 14.7. The van der Waals surface area contributed by atoms with E-state index < -0.39 is 30.1 Å². The van der Waals surface area contributed by atoms with Gasteiger partial charge in [0.15, 0.2) is 5.69 Å². The molecule has 0 atom stereocenters. The molecule has 2 heterocycles. The standard InChI is InChI=1S/C21H16BrF2N3O4/c1-26-20-15-6-12(22)2-3-17(15)31-10-16(20)19(25-26)21(30)27(9-18(28)29)8-11-4-13(23)7-14(24)5-11/h2-7H,8-10H2,1H3,(H,28,29). The lowest BCUT2D eigenvalue weighted by Crippen LogP contribution is -2.36. The first-order valence-corrected chi connectivity index (χ1v) is 9.97. The van der Waals surface area contributed by atoms with Crippen LogP contribution in [0.2, 0.25) is 0 Å². The number of hydrogen-bond acceptors (Lipinski definition) is 4. The van der Waals surface area contributed by atoms with Crippen LogP contribution in [0.1, 0.15) is 21.6 Å². The van der Waals surface area contributed by atoms with Crippen LogP contribution in [0.15, 0.2) is 40.9 Å². The van der Waals surface area contributed by atoms with E-state index in [0.717, 1.165) is 27.1 Å². The number of aliphatic carboxylic acids is 1. The number of ether oxygens (including phenoxy) is 1. The number of carbonyl (C=O) groups is 2. The maximum absolute atomic E-state index is 13.6. The topological polar surface area (TPSA) is 84.7 Å². The molecule has 0 radical (unpaired) electrons. The van der Waals surface area contributed by atoms with Crippen molar-refractivity contribution in [2.45, 2.75) is 13.2 Å². The molecule has 31 heavy (non-hydrogen) atoms. The quantitative estimate of drug-likeness (QED) is 0.587. The van der Waals surface area contributed by atoms with Crippen molar-refractivity contribution in [1.82, 2.24) is 14.7 Å². The number of amides is 1. The molecule has 1 aliphatic heterocycles. The lowest BCUT2D eigenvalue weighted by Gasteiger charge is -2.22. The van der Waals surface area contributed by atoms with E-state index in [0.29, 0.717) is 23.1 Å². The monoisotopic (exact) mass is 491 g/mol. The van der Waals surface area contributed by atoms with Crippen LogP contribution in [0, 0.1) is 11.6 Å². The number of rotatable bonds is 5. The van der Waals surface area contributed by atoms with E-state index in [4.69, 9.17) is 4.74 Å². The smallest absolute Gasteiger partial charge is 0.323 e. The summed E-state index contributed by atoms with van der Waals surface area (Å²) in [5, 5.41) is 13.6. The number of carbonyl (C=O) groups excluding carboxylic acids is 1. The van der Waals surface area contributed by atoms with Gasteiger partial charge in [0.05, 0.1) is 5.69 Å². The van der Waals surface area contributed by atoms with Crippen LogP contribution in [0.25, 0.3) is 11.3 Å². The zero-order valence-corrected chi connectivity index (χ0v) is 17.8. The Hall–Kier alpha value is -3.27. The van der Waals surface area contributed by atoms with Gasteiger partial charge in [0.1, 0.15) is 30.5 Å². The molecule has 0 bridgehead atoms. The molecule has 1 aliphatic rings. The van der Waals surface area contributed by atoms with Gasteiger partial charge in [-0.2, -0.15) is 5.10 Å². The summed E-state index contributed by atoms with van der Waals surface area (Å²) in [6.07, 6.45) is 0. The zero-order valence-electron chi connectivity index (χ0n) is 16.2. The van der Waals surface area contributed by atoms with E-state index in [1.807, 2.05) is 12.1 Å². The van der Waals surface area contributed by atoms with E-state index >= 15 is 0 Å². The molecule has 7 nitrogen and oxygen atoms in total. The molecule has 0 saturated heterocycles. The molecule has 1 N–H and O–H groups in total. The number of carboxylic acid groups (broad SMARTS) is 1. The fourth-order valence-electron chi connectivity index (χ4n) is 3.61. The number of aromatic nitrogens is 2. The van der Waals surface area contributed by atoms with Crippen molar-refractivity contribution in [3.63, 3.8) is 0 Å². The summed E-state index contributed by atoms with van der Waals surface area (Å²) < 4.78 is 35.3. The van der Waals surface area contributed by atoms with Gasteiger partial charge in [0.2, 0.25) is 0 Å². The second kappa shape index (κ2) is 8.10. The predicted molar refractivity (Wildman–Crippen MR) is 109 cm³/mol. The third kappa shape index (κ3) is 4.15. The van der Waals surface area contributed by atoms with E-state index in [1.54, 1.807) is 13.1 Å². The normalized spacial score (nSPS) is 12.0. The van der Waals surface area contributed by atoms with Gasteiger partial charge in [0.25, 0.3) is 5.91 Å². The van der Waals surface area contributed by atoms with Crippen LogP contribution in [0.3, 0.4) is 0 Å². The molecule has 10 heteroatoms. The number of nitrogens with zero attached hydrogens (tertiary/aromatic N) is 3. The van der Waals surface area contributed by atoms with E-state index in [-0.39, 0.29) is 24.4 Å². The Morgan fingerprint density at radius 2 is 1.94 bits per heavy atom. The lowest BCUT2D eigenvalue weighted by atomic mass is 10.0. The molecule has 160 valence electrons. The molecule has 1 amide bonds. The van der Waals surface area contributed by atoms with Crippen molar-refractivity contribution >= 4 is 27.8 Å². The molecule has 0 unspecified atom stereocenters. The zero-order chi connectivity index (χ0) is 22.3. The lowest BCUT2D eigenvalue weighted by molar-refractivity contribution is -0.137. The summed E-state index contributed by atoms with van der Waals surface area (Å²) in [4.78, 5) is 25.6. The highest BCUT2D eigenvalue weighted by Crippen LogP contribution is 2.40. The molecule has 0 spiro atoms. The van der Waals surface area contributed by atoms with Crippen LogP contribution in [-0.4, -0.2) is 38.2 Å². The maximum atomic E-state index is 13.6. The highest BCUT2D eigenvalue weighted by atomic mass is 79.9. The average Bonchev–Trinajstić information content (AvgIpc) is 3.02. The Morgan fingerprint density at radius 1 is 1.23 bits per heavy atom. The number of halogens is 3. The van der Waals surface area contributed by atoms with Gasteiger partial charge in [-0.05, 0) is 35.9 Å². The Morgan fingerprint density at radius 3 is 2.61 bits per heavy atom. The Bertz CT molecular complexity index is 1190. The maximum Gasteiger partial charge on any atom is 0.323 e. The van der Waals surface area contributed by atoms with Crippen molar-refractivity contribution in [3.8, 4) is 17.0 Å². The van der Waals surface area contributed by atoms with E-state index in [1.165, 1.54) is 4.68 Å². The minimum absolute atomic E-state index is 0.0289. The molecular formula is C21H16BrF2N3O4. The van der Waals surface area contributed by atoms with Gasteiger partial charge in [0, 0.05) is 35.3 Å². The summed E-state index contributed by atoms with van der Waals surface area (Å²) in [5.41, 5.74) is 2.09. The third-order valence-corrected chi connectivity index (χ3v) is 5.32. The minimum Gasteiger partial charge on any atom is -0.488 e. The van der Waals surface area contributed by atoms with Gasteiger partial charge in [-0.25, -0.2) is 8.78 Å². The van der Waals surface area contributed by atoms with E-state index in [2.05, 4.69) is 21.0 Å². The van der Waals surface area contributed by atoms with Crippen molar-refractivity contribution in [2.24, 2.45) is 7.05 Å². The molecule has 4 rings (SSSR count). The minimum atomic E-state index is -1.26. The summed E-state index contributed by atoms with van der Waals surface area (Å²) >= 11 is 3.41.